The summed E-state index contributed by atoms with van der Waals surface area (Å²) in [4.78, 5) is 22.8. The molecular weight excluding hydrogens is 290 g/mol. The van der Waals surface area contributed by atoms with Gasteiger partial charge in [-0.15, -0.1) is 11.3 Å². The van der Waals surface area contributed by atoms with Crippen LogP contribution in [0.4, 0.5) is 0 Å². The second-order valence-electron chi connectivity index (χ2n) is 5.50. The number of hydrogen-bond donors (Lipinski definition) is 2. The summed E-state index contributed by atoms with van der Waals surface area (Å²) in [5.74, 6) is -0.351. The van der Waals surface area contributed by atoms with Crippen LogP contribution >= 0.6 is 11.3 Å². The van der Waals surface area contributed by atoms with E-state index in [2.05, 4.69) is 19.2 Å². The van der Waals surface area contributed by atoms with Crippen LogP contribution in [0, 0.1) is 5.92 Å². The zero-order valence-electron chi connectivity index (χ0n) is 12.7. The van der Waals surface area contributed by atoms with Gasteiger partial charge in [0.1, 0.15) is 5.75 Å². The maximum absolute atomic E-state index is 11.7. The molecular formula is C15H23NO4S. The standard InChI is InChI=1S/C15H23NO4S/c1-10(2)5-4-6-11(3)16-13(17)9-20-12-7-8-21-14(12)15(18)19/h7-8,10-11H,4-6,9H2,1-3H3,(H,16,17)(H,18,19). The molecule has 1 amide bonds. The largest absolute Gasteiger partial charge is 0.482 e. The average molecular weight is 313 g/mol. The first-order chi connectivity index (χ1) is 9.90. The summed E-state index contributed by atoms with van der Waals surface area (Å²) >= 11 is 1.08. The summed E-state index contributed by atoms with van der Waals surface area (Å²) in [7, 11) is 0. The lowest BCUT2D eigenvalue weighted by Crippen LogP contribution is -2.36. The van der Waals surface area contributed by atoms with Crippen molar-refractivity contribution in [2.24, 2.45) is 5.92 Å². The summed E-state index contributed by atoms with van der Waals surface area (Å²) in [5.41, 5.74) is 0. The first kappa shape index (κ1) is 17.5. The van der Waals surface area contributed by atoms with Crippen molar-refractivity contribution in [2.45, 2.75) is 46.1 Å². The van der Waals surface area contributed by atoms with E-state index >= 15 is 0 Å². The molecule has 0 aliphatic rings. The van der Waals surface area contributed by atoms with E-state index in [-0.39, 0.29) is 29.2 Å². The highest BCUT2D eigenvalue weighted by Crippen LogP contribution is 2.24. The van der Waals surface area contributed by atoms with Crippen LogP contribution in [0.5, 0.6) is 5.75 Å². The fourth-order valence-electron chi connectivity index (χ4n) is 1.93. The number of thiophene rings is 1. The molecule has 1 atom stereocenters. The van der Waals surface area contributed by atoms with Gasteiger partial charge in [-0.1, -0.05) is 26.7 Å². The molecule has 6 heteroatoms. The molecule has 0 saturated carbocycles. The first-order valence-electron chi connectivity index (χ1n) is 7.13. The van der Waals surface area contributed by atoms with E-state index in [1.165, 1.54) is 0 Å². The zero-order chi connectivity index (χ0) is 15.8. The van der Waals surface area contributed by atoms with Crippen molar-refractivity contribution >= 4 is 23.2 Å². The molecule has 0 bridgehead atoms. The van der Waals surface area contributed by atoms with Gasteiger partial charge in [0.2, 0.25) is 0 Å². The molecule has 21 heavy (non-hydrogen) atoms. The Morgan fingerprint density at radius 1 is 1.33 bits per heavy atom. The van der Waals surface area contributed by atoms with Crippen molar-refractivity contribution in [3.63, 3.8) is 0 Å². The van der Waals surface area contributed by atoms with Gasteiger partial charge in [0, 0.05) is 6.04 Å². The molecule has 0 saturated heterocycles. The van der Waals surface area contributed by atoms with Crippen LogP contribution in [0.25, 0.3) is 0 Å². The van der Waals surface area contributed by atoms with Crippen molar-refractivity contribution in [1.29, 1.82) is 0 Å². The van der Waals surface area contributed by atoms with Gasteiger partial charge in [-0.25, -0.2) is 4.79 Å². The molecule has 0 spiro atoms. The molecule has 1 rings (SSSR count). The maximum Gasteiger partial charge on any atom is 0.349 e. The molecule has 0 radical (unpaired) electrons. The molecule has 1 unspecified atom stereocenters. The molecule has 5 nitrogen and oxygen atoms in total. The van der Waals surface area contributed by atoms with E-state index in [0.717, 1.165) is 30.6 Å². The highest BCUT2D eigenvalue weighted by atomic mass is 32.1. The molecule has 0 aromatic carbocycles. The van der Waals surface area contributed by atoms with E-state index in [9.17, 15) is 9.59 Å². The molecule has 1 aromatic heterocycles. The van der Waals surface area contributed by atoms with Crippen LogP contribution < -0.4 is 10.1 Å². The summed E-state index contributed by atoms with van der Waals surface area (Å²) in [5, 5.41) is 13.4. The van der Waals surface area contributed by atoms with E-state index in [4.69, 9.17) is 9.84 Å². The SMILES string of the molecule is CC(C)CCCC(C)NC(=O)COc1ccsc1C(=O)O. The molecule has 0 aliphatic carbocycles. The Morgan fingerprint density at radius 3 is 2.67 bits per heavy atom. The van der Waals surface area contributed by atoms with Gasteiger partial charge in [-0.3, -0.25) is 4.79 Å². The van der Waals surface area contributed by atoms with E-state index in [1.54, 1.807) is 11.4 Å². The van der Waals surface area contributed by atoms with E-state index in [0.29, 0.717) is 5.92 Å². The van der Waals surface area contributed by atoms with Gasteiger partial charge in [-0.2, -0.15) is 0 Å². The number of amides is 1. The van der Waals surface area contributed by atoms with Crippen LogP contribution in [-0.2, 0) is 4.79 Å². The Labute approximate surface area is 129 Å². The van der Waals surface area contributed by atoms with Gasteiger partial charge in [0.25, 0.3) is 5.91 Å². The van der Waals surface area contributed by atoms with Crippen molar-refractivity contribution in [1.82, 2.24) is 5.32 Å². The second kappa shape index (κ2) is 8.67. The zero-order valence-corrected chi connectivity index (χ0v) is 13.5. The van der Waals surface area contributed by atoms with Gasteiger partial charge in [0.05, 0.1) is 0 Å². The topological polar surface area (TPSA) is 75.6 Å². The van der Waals surface area contributed by atoms with Crippen molar-refractivity contribution < 1.29 is 19.4 Å². The number of carbonyl (C=O) groups excluding carboxylic acids is 1. The normalized spacial score (nSPS) is 12.2. The molecule has 1 aromatic rings. The third-order valence-corrected chi connectivity index (χ3v) is 3.89. The fraction of sp³-hybridized carbons (Fsp3) is 0.600. The monoisotopic (exact) mass is 313 g/mol. The summed E-state index contributed by atoms with van der Waals surface area (Å²) in [6.07, 6.45) is 3.16. The highest BCUT2D eigenvalue weighted by Gasteiger charge is 2.15. The predicted molar refractivity (Wildman–Crippen MR) is 83.1 cm³/mol. The quantitative estimate of drug-likeness (QED) is 0.734. The second-order valence-corrected chi connectivity index (χ2v) is 6.42. The minimum Gasteiger partial charge on any atom is -0.482 e. The van der Waals surface area contributed by atoms with Gasteiger partial charge < -0.3 is 15.2 Å². The van der Waals surface area contributed by atoms with Crippen LogP contribution in [-0.4, -0.2) is 29.6 Å². The number of carboxylic acid groups (broad SMARTS) is 1. The minimum absolute atomic E-state index is 0.0984. The number of carboxylic acids is 1. The lowest BCUT2D eigenvalue weighted by Gasteiger charge is -2.14. The van der Waals surface area contributed by atoms with Crippen LogP contribution in [0.2, 0.25) is 0 Å². The number of ether oxygens (including phenoxy) is 1. The van der Waals surface area contributed by atoms with E-state index in [1.807, 2.05) is 6.92 Å². The van der Waals surface area contributed by atoms with Crippen LogP contribution in [0.1, 0.15) is 49.7 Å². The van der Waals surface area contributed by atoms with Gasteiger partial charge >= 0.3 is 5.97 Å². The Kier molecular flexibility index (Phi) is 7.22. The maximum atomic E-state index is 11.7. The van der Waals surface area contributed by atoms with E-state index < -0.39 is 5.97 Å². The smallest absolute Gasteiger partial charge is 0.349 e. The van der Waals surface area contributed by atoms with Gasteiger partial charge in [-0.05, 0) is 30.7 Å². The number of hydrogen-bond acceptors (Lipinski definition) is 4. The highest BCUT2D eigenvalue weighted by molar-refractivity contribution is 7.12. The van der Waals surface area contributed by atoms with Crippen molar-refractivity contribution in [3.05, 3.63) is 16.3 Å². The minimum atomic E-state index is -1.04. The van der Waals surface area contributed by atoms with Crippen LogP contribution in [0.15, 0.2) is 11.4 Å². The van der Waals surface area contributed by atoms with Crippen LogP contribution in [0.3, 0.4) is 0 Å². The molecule has 0 fully saturated rings. The summed E-state index contributed by atoms with van der Waals surface area (Å²) in [6, 6.07) is 1.66. The molecule has 1 heterocycles. The molecule has 0 aliphatic heterocycles. The number of rotatable bonds is 9. The first-order valence-corrected chi connectivity index (χ1v) is 8.01. The lowest BCUT2D eigenvalue weighted by atomic mass is 10.0. The fourth-order valence-corrected chi connectivity index (χ4v) is 2.60. The van der Waals surface area contributed by atoms with Crippen molar-refractivity contribution in [3.8, 4) is 5.75 Å². The molecule has 118 valence electrons. The lowest BCUT2D eigenvalue weighted by molar-refractivity contribution is -0.123. The number of aromatic carboxylic acids is 1. The van der Waals surface area contributed by atoms with Gasteiger partial charge in [0.15, 0.2) is 11.5 Å². The number of nitrogens with one attached hydrogen (secondary N) is 1. The number of carbonyl (C=O) groups is 2. The van der Waals surface area contributed by atoms with Crippen molar-refractivity contribution in [2.75, 3.05) is 6.61 Å². The Bertz CT molecular complexity index is 470. The predicted octanol–water partition coefficient (Wildman–Crippen LogP) is 3.16. The third-order valence-electron chi connectivity index (χ3n) is 3.01. The Morgan fingerprint density at radius 2 is 2.05 bits per heavy atom. The molecule has 2 N–H and O–H groups in total. The summed E-state index contributed by atoms with van der Waals surface area (Å²) < 4.78 is 5.26. The Hall–Kier alpha value is -1.56. The third kappa shape index (κ3) is 6.62. The summed E-state index contributed by atoms with van der Waals surface area (Å²) in [6.45, 7) is 6.16. The average Bonchev–Trinajstić information content (AvgIpc) is 2.84. The Balaban J connectivity index is 2.30.